The maximum Gasteiger partial charge on any atom is 0.265 e. The van der Waals surface area contributed by atoms with Crippen LogP contribution in [0.25, 0.3) is 0 Å². The molecule has 0 bridgehead atoms. The van der Waals surface area contributed by atoms with Gasteiger partial charge in [0.2, 0.25) is 11.8 Å². The lowest BCUT2D eigenvalue weighted by molar-refractivity contribution is -0.143. The summed E-state index contributed by atoms with van der Waals surface area (Å²) in [5, 5.41) is 2.81. The predicted octanol–water partition coefficient (Wildman–Crippen LogP) is 1.87. The van der Waals surface area contributed by atoms with Crippen molar-refractivity contribution in [2.24, 2.45) is 0 Å². The molecule has 3 amide bonds. The Kier molecular flexibility index (Phi) is 5.04. The second-order valence-corrected chi connectivity index (χ2v) is 7.49. The molecule has 1 fully saturated rings. The Hall–Kier alpha value is -2.87. The molecule has 2 aromatic rings. The molecule has 1 atom stereocenters. The number of carbonyl (C=O) groups excluding carboxylic acids is 3. The molecule has 0 unspecified atom stereocenters. The first-order chi connectivity index (χ1) is 13.5. The van der Waals surface area contributed by atoms with E-state index in [0.717, 1.165) is 10.0 Å². The summed E-state index contributed by atoms with van der Waals surface area (Å²) in [6.07, 6.45) is 0. The van der Waals surface area contributed by atoms with Crippen molar-refractivity contribution in [1.29, 1.82) is 0 Å². The van der Waals surface area contributed by atoms with Crippen LogP contribution in [0.4, 0.5) is 5.69 Å². The lowest BCUT2D eigenvalue weighted by Crippen LogP contribution is -2.55. The average Bonchev–Trinajstić information content (AvgIpc) is 2.70. The van der Waals surface area contributed by atoms with E-state index in [4.69, 9.17) is 4.74 Å². The molecule has 144 valence electrons. The Bertz CT molecular complexity index is 934. The summed E-state index contributed by atoms with van der Waals surface area (Å²) in [6.45, 7) is 0.497. The van der Waals surface area contributed by atoms with E-state index in [1.807, 2.05) is 30.3 Å². The molecule has 8 heteroatoms. The minimum absolute atomic E-state index is 0.126. The van der Waals surface area contributed by atoms with Gasteiger partial charge in [-0.1, -0.05) is 46.3 Å². The summed E-state index contributed by atoms with van der Waals surface area (Å²) in [4.78, 5) is 41.0. The Balaban J connectivity index is 1.60. The summed E-state index contributed by atoms with van der Waals surface area (Å²) in [7, 11) is 0. The lowest BCUT2D eigenvalue weighted by atomic mass is 10.0. The van der Waals surface area contributed by atoms with Gasteiger partial charge in [-0.05, 0) is 23.8 Å². The molecule has 2 aliphatic rings. The largest absolute Gasteiger partial charge is 0.482 e. The number of nitrogens with one attached hydrogen (secondary N) is 1. The quantitative estimate of drug-likeness (QED) is 0.785. The number of piperazine rings is 1. The minimum atomic E-state index is -0.706. The Labute approximate surface area is 170 Å². The highest BCUT2D eigenvalue weighted by atomic mass is 79.9. The van der Waals surface area contributed by atoms with E-state index >= 15 is 0 Å². The van der Waals surface area contributed by atoms with Crippen LogP contribution in [0, 0.1) is 0 Å². The van der Waals surface area contributed by atoms with E-state index in [0.29, 0.717) is 24.5 Å². The fourth-order valence-corrected chi connectivity index (χ4v) is 3.82. The highest BCUT2D eigenvalue weighted by molar-refractivity contribution is 9.10. The van der Waals surface area contributed by atoms with Gasteiger partial charge < -0.3 is 15.0 Å². The van der Waals surface area contributed by atoms with Crippen molar-refractivity contribution in [2.45, 2.75) is 6.04 Å². The van der Waals surface area contributed by atoms with Crippen LogP contribution in [-0.4, -0.2) is 48.9 Å². The number of amides is 3. The molecule has 1 N–H and O–H groups in total. The zero-order chi connectivity index (χ0) is 19.7. The van der Waals surface area contributed by atoms with E-state index < -0.39 is 6.04 Å². The van der Waals surface area contributed by atoms with Crippen LogP contribution in [0.1, 0.15) is 11.6 Å². The number of benzene rings is 2. The second kappa shape index (κ2) is 7.63. The standard InChI is InChI=1S/C20H18BrN3O4/c21-14-6-7-15-16(10-14)28-12-18(26)24(15)11-17(25)23-9-8-22-20(27)19(23)13-4-2-1-3-5-13/h1-7,10,19H,8-9,11-12H2,(H,22,27)/t19-/m1/s1. The Morgan fingerprint density at radius 1 is 1.18 bits per heavy atom. The summed E-state index contributed by atoms with van der Waals surface area (Å²) < 4.78 is 6.29. The molecule has 7 nitrogen and oxygen atoms in total. The van der Waals surface area contributed by atoms with E-state index in [-0.39, 0.29) is 30.9 Å². The van der Waals surface area contributed by atoms with E-state index in [1.54, 1.807) is 18.2 Å². The van der Waals surface area contributed by atoms with Gasteiger partial charge in [0.1, 0.15) is 18.3 Å². The molecule has 0 radical (unpaired) electrons. The smallest absolute Gasteiger partial charge is 0.265 e. The molecule has 2 aliphatic heterocycles. The zero-order valence-electron chi connectivity index (χ0n) is 14.9. The normalized spacial score (nSPS) is 19.0. The maximum absolute atomic E-state index is 13.1. The van der Waals surface area contributed by atoms with Gasteiger partial charge in [0.05, 0.1) is 5.69 Å². The van der Waals surface area contributed by atoms with Crippen LogP contribution in [0.2, 0.25) is 0 Å². The molecule has 0 aliphatic carbocycles. The fourth-order valence-electron chi connectivity index (χ4n) is 3.48. The average molecular weight is 444 g/mol. The third-order valence-corrected chi connectivity index (χ3v) is 5.30. The molecule has 0 spiro atoms. The Morgan fingerprint density at radius 3 is 2.75 bits per heavy atom. The first-order valence-corrected chi connectivity index (χ1v) is 9.69. The van der Waals surface area contributed by atoms with Gasteiger partial charge in [0.15, 0.2) is 6.61 Å². The number of hydrogen-bond donors (Lipinski definition) is 1. The molecule has 2 aromatic carbocycles. The van der Waals surface area contributed by atoms with Crippen molar-refractivity contribution >= 4 is 39.3 Å². The van der Waals surface area contributed by atoms with Gasteiger partial charge in [-0.2, -0.15) is 0 Å². The van der Waals surface area contributed by atoms with Gasteiger partial charge in [-0.3, -0.25) is 19.3 Å². The van der Waals surface area contributed by atoms with Crippen LogP contribution in [0.15, 0.2) is 53.0 Å². The Morgan fingerprint density at radius 2 is 1.96 bits per heavy atom. The van der Waals surface area contributed by atoms with Gasteiger partial charge in [-0.25, -0.2) is 0 Å². The lowest BCUT2D eigenvalue weighted by Gasteiger charge is -2.37. The molecular weight excluding hydrogens is 426 g/mol. The summed E-state index contributed by atoms with van der Waals surface area (Å²) in [5.41, 5.74) is 1.29. The van der Waals surface area contributed by atoms with Crippen LogP contribution in [0.3, 0.4) is 0 Å². The highest BCUT2D eigenvalue weighted by Gasteiger charge is 2.36. The van der Waals surface area contributed by atoms with Crippen LogP contribution >= 0.6 is 15.9 Å². The molecule has 4 rings (SSSR count). The van der Waals surface area contributed by atoms with E-state index in [1.165, 1.54) is 9.80 Å². The number of ether oxygens (including phenoxy) is 1. The van der Waals surface area contributed by atoms with Crippen molar-refractivity contribution in [3.05, 3.63) is 58.6 Å². The SMILES string of the molecule is O=C1NCCN(C(=O)CN2C(=O)COc3cc(Br)ccc32)[C@@H]1c1ccccc1. The van der Waals surface area contributed by atoms with Crippen molar-refractivity contribution < 1.29 is 19.1 Å². The predicted molar refractivity (Wildman–Crippen MR) is 106 cm³/mol. The molecule has 2 heterocycles. The molecule has 0 aromatic heterocycles. The number of hydrogen-bond acceptors (Lipinski definition) is 4. The zero-order valence-corrected chi connectivity index (χ0v) is 16.5. The molecule has 0 saturated carbocycles. The minimum Gasteiger partial charge on any atom is -0.482 e. The van der Waals surface area contributed by atoms with Crippen molar-refractivity contribution in [3.8, 4) is 5.75 Å². The van der Waals surface area contributed by atoms with Crippen LogP contribution in [-0.2, 0) is 14.4 Å². The van der Waals surface area contributed by atoms with E-state index in [9.17, 15) is 14.4 Å². The number of nitrogens with zero attached hydrogens (tertiary/aromatic N) is 2. The summed E-state index contributed by atoms with van der Waals surface area (Å²) >= 11 is 3.38. The number of carbonyl (C=O) groups is 3. The summed E-state index contributed by atoms with van der Waals surface area (Å²) in [6, 6.07) is 13.8. The number of fused-ring (bicyclic) bond motifs is 1. The first kappa shape index (κ1) is 18.5. The van der Waals surface area contributed by atoms with Crippen molar-refractivity contribution in [3.63, 3.8) is 0 Å². The summed E-state index contributed by atoms with van der Waals surface area (Å²) in [5.74, 6) is -0.255. The number of halogens is 1. The maximum atomic E-state index is 13.1. The number of anilines is 1. The van der Waals surface area contributed by atoms with Crippen molar-refractivity contribution in [1.82, 2.24) is 10.2 Å². The van der Waals surface area contributed by atoms with Gasteiger partial charge in [0.25, 0.3) is 5.91 Å². The van der Waals surface area contributed by atoms with Gasteiger partial charge >= 0.3 is 0 Å². The molecular formula is C20H18BrN3O4. The highest BCUT2D eigenvalue weighted by Crippen LogP contribution is 2.34. The van der Waals surface area contributed by atoms with Gasteiger partial charge in [0, 0.05) is 17.6 Å². The second-order valence-electron chi connectivity index (χ2n) is 6.57. The topological polar surface area (TPSA) is 79.0 Å². The van der Waals surface area contributed by atoms with Gasteiger partial charge in [-0.15, -0.1) is 0 Å². The first-order valence-electron chi connectivity index (χ1n) is 8.89. The number of rotatable bonds is 3. The van der Waals surface area contributed by atoms with E-state index in [2.05, 4.69) is 21.2 Å². The van der Waals surface area contributed by atoms with Crippen LogP contribution < -0.4 is 15.0 Å². The molecule has 28 heavy (non-hydrogen) atoms. The fraction of sp³-hybridized carbons (Fsp3) is 0.250. The third kappa shape index (κ3) is 3.47. The van der Waals surface area contributed by atoms with Crippen molar-refractivity contribution in [2.75, 3.05) is 31.1 Å². The monoisotopic (exact) mass is 443 g/mol. The molecule has 1 saturated heterocycles. The van der Waals surface area contributed by atoms with Crippen LogP contribution in [0.5, 0.6) is 5.75 Å². The third-order valence-electron chi connectivity index (χ3n) is 4.81.